The van der Waals surface area contributed by atoms with Crippen LogP contribution in [0.2, 0.25) is 0 Å². The Hall–Kier alpha value is -3.00. The Bertz CT molecular complexity index is 1170. The number of aryl methyl sites for hydroxylation is 1. The van der Waals surface area contributed by atoms with E-state index in [1.54, 1.807) is 6.07 Å². The number of hydrogen-bond donors (Lipinski definition) is 2. The van der Waals surface area contributed by atoms with Gasteiger partial charge in [0.15, 0.2) is 0 Å². The summed E-state index contributed by atoms with van der Waals surface area (Å²) in [5, 5.41) is 4.16. The molecule has 1 aliphatic heterocycles. The van der Waals surface area contributed by atoms with Crippen molar-refractivity contribution in [2.75, 3.05) is 18.9 Å². The maximum absolute atomic E-state index is 13.3. The highest BCUT2D eigenvalue weighted by Crippen LogP contribution is 2.35. The minimum absolute atomic E-state index is 0.0281. The molecule has 31 heavy (non-hydrogen) atoms. The largest absolute Gasteiger partial charge is 0.489 e. The van der Waals surface area contributed by atoms with E-state index in [-0.39, 0.29) is 11.6 Å². The predicted octanol–water partition coefficient (Wildman–Crippen LogP) is 4.25. The van der Waals surface area contributed by atoms with Gasteiger partial charge in [0, 0.05) is 23.9 Å². The first kappa shape index (κ1) is 19.9. The van der Waals surface area contributed by atoms with Gasteiger partial charge < -0.3 is 20.4 Å². The fraction of sp³-hybridized carbons (Fsp3) is 0.391. The molecule has 0 saturated heterocycles. The number of nitrogens with one attached hydrogen (secondary N) is 1. The zero-order valence-corrected chi connectivity index (χ0v) is 17.4. The number of allylic oxidation sites excluding steroid dienone is 1. The van der Waals surface area contributed by atoms with Gasteiger partial charge in [0.05, 0.1) is 11.4 Å². The Labute approximate surface area is 179 Å². The maximum Gasteiger partial charge on any atom is 0.263 e. The van der Waals surface area contributed by atoms with Gasteiger partial charge >= 0.3 is 0 Å². The van der Waals surface area contributed by atoms with Crippen molar-refractivity contribution in [2.24, 2.45) is 0 Å². The van der Waals surface area contributed by atoms with E-state index in [1.165, 1.54) is 6.07 Å². The van der Waals surface area contributed by atoms with E-state index in [2.05, 4.69) is 25.9 Å². The molecule has 0 bridgehead atoms. The van der Waals surface area contributed by atoms with Crippen molar-refractivity contribution in [2.45, 2.75) is 45.2 Å². The lowest BCUT2D eigenvalue weighted by atomic mass is 9.97. The van der Waals surface area contributed by atoms with Crippen LogP contribution in [0.15, 0.2) is 36.0 Å². The Kier molecular flexibility index (Phi) is 5.09. The van der Waals surface area contributed by atoms with Gasteiger partial charge in [-0.15, -0.1) is 0 Å². The van der Waals surface area contributed by atoms with Crippen molar-refractivity contribution < 1.29 is 13.5 Å². The number of aromatic nitrogens is 3. The lowest BCUT2D eigenvalue weighted by Crippen LogP contribution is -2.24. The van der Waals surface area contributed by atoms with Gasteiger partial charge in [-0.25, -0.2) is 18.7 Å². The summed E-state index contributed by atoms with van der Waals surface area (Å²) < 4.78 is 34.9. The molecule has 3 N–H and O–H groups in total. The van der Waals surface area contributed by atoms with Crippen molar-refractivity contribution >= 4 is 16.9 Å². The van der Waals surface area contributed by atoms with Crippen molar-refractivity contribution in [1.29, 1.82) is 0 Å². The highest BCUT2D eigenvalue weighted by atomic mass is 19.3. The summed E-state index contributed by atoms with van der Waals surface area (Å²) in [6, 6.07) is 5.21. The van der Waals surface area contributed by atoms with Crippen LogP contribution in [0, 0.1) is 6.92 Å². The molecule has 0 saturated carbocycles. The molecule has 0 spiro atoms. The normalized spacial score (nSPS) is 18.5. The van der Waals surface area contributed by atoms with Crippen LogP contribution in [-0.4, -0.2) is 27.7 Å². The molecule has 2 aromatic heterocycles. The van der Waals surface area contributed by atoms with Crippen LogP contribution in [0.4, 0.5) is 14.6 Å². The van der Waals surface area contributed by atoms with Crippen molar-refractivity contribution in [1.82, 2.24) is 19.9 Å². The average molecular weight is 425 g/mol. The van der Waals surface area contributed by atoms with E-state index < -0.39 is 6.43 Å². The smallest absolute Gasteiger partial charge is 0.263 e. The third-order valence-corrected chi connectivity index (χ3v) is 6.12. The Balaban J connectivity index is 1.37. The van der Waals surface area contributed by atoms with Gasteiger partial charge in [-0.2, -0.15) is 0 Å². The van der Waals surface area contributed by atoms with E-state index in [0.29, 0.717) is 30.5 Å². The molecule has 1 unspecified atom stereocenters. The SMILES string of the molecule is Cc1nc(N)c2ccn(C3C=C(COc4cc(C(F)F)cc5c4CNCC5)CC3)c2n1. The van der Waals surface area contributed by atoms with Crippen LogP contribution >= 0.6 is 0 Å². The quantitative estimate of drug-likeness (QED) is 0.598. The third-order valence-electron chi connectivity index (χ3n) is 6.12. The fourth-order valence-corrected chi connectivity index (χ4v) is 4.56. The molecule has 0 fully saturated rings. The second-order valence-corrected chi connectivity index (χ2v) is 8.22. The molecular formula is C23H25F2N5O. The van der Waals surface area contributed by atoms with Crippen LogP contribution in [0.3, 0.4) is 0 Å². The molecule has 3 heterocycles. The van der Waals surface area contributed by atoms with Gasteiger partial charge in [-0.3, -0.25) is 0 Å². The number of hydrogen-bond acceptors (Lipinski definition) is 5. The standard InChI is InChI=1S/C23H25F2N5O/c1-13-28-22(26)18-5-7-30(23(18)29-13)17-3-2-14(8-17)12-31-20-10-16(21(24)25)9-15-4-6-27-11-19(15)20/h5,7-10,17,21,27H,2-4,6,11-12H2,1H3,(H2,26,28,29). The van der Waals surface area contributed by atoms with Gasteiger partial charge in [0.1, 0.15) is 29.6 Å². The van der Waals surface area contributed by atoms with E-state index in [9.17, 15) is 8.78 Å². The van der Waals surface area contributed by atoms with Crippen LogP contribution in [0.1, 0.15) is 47.8 Å². The number of nitrogens with two attached hydrogens (primary N) is 1. The number of ether oxygens (including phenoxy) is 1. The first-order valence-corrected chi connectivity index (χ1v) is 10.6. The Morgan fingerprint density at radius 2 is 2.16 bits per heavy atom. The summed E-state index contributed by atoms with van der Waals surface area (Å²) in [6.07, 6.45) is 4.24. The molecule has 3 aromatic rings. The van der Waals surface area contributed by atoms with Gasteiger partial charge in [-0.05, 0) is 62.1 Å². The summed E-state index contributed by atoms with van der Waals surface area (Å²) in [5.74, 6) is 1.70. The summed E-state index contributed by atoms with van der Waals surface area (Å²) in [5.41, 5.74) is 10.0. The molecule has 162 valence electrons. The number of nitrogens with zero attached hydrogens (tertiary/aromatic N) is 3. The molecule has 5 rings (SSSR count). The monoisotopic (exact) mass is 425 g/mol. The second-order valence-electron chi connectivity index (χ2n) is 8.22. The van der Waals surface area contributed by atoms with Crippen molar-refractivity contribution in [3.63, 3.8) is 0 Å². The molecule has 0 radical (unpaired) electrons. The molecule has 1 aromatic carbocycles. The van der Waals surface area contributed by atoms with Crippen LogP contribution in [0.5, 0.6) is 5.75 Å². The predicted molar refractivity (Wildman–Crippen MR) is 115 cm³/mol. The van der Waals surface area contributed by atoms with E-state index in [0.717, 1.165) is 53.5 Å². The number of fused-ring (bicyclic) bond motifs is 2. The highest BCUT2D eigenvalue weighted by molar-refractivity contribution is 5.86. The first-order valence-electron chi connectivity index (χ1n) is 10.6. The summed E-state index contributed by atoms with van der Waals surface area (Å²) in [7, 11) is 0. The van der Waals surface area contributed by atoms with Crippen LogP contribution < -0.4 is 15.8 Å². The number of nitrogen functional groups attached to an aromatic ring is 1. The van der Waals surface area contributed by atoms with Crippen molar-refractivity contribution in [3.05, 3.63) is 58.6 Å². The lowest BCUT2D eigenvalue weighted by Gasteiger charge is -2.22. The van der Waals surface area contributed by atoms with E-state index in [4.69, 9.17) is 10.5 Å². The molecule has 1 aliphatic carbocycles. The summed E-state index contributed by atoms with van der Waals surface area (Å²) in [4.78, 5) is 8.80. The molecule has 1 atom stereocenters. The first-order chi connectivity index (χ1) is 15.0. The fourth-order valence-electron chi connectivity index (χ4n) is 4.56. The van der Waals surface area contributed by atoms with Crippen LogP contribution in [0.25, 0.3) is 11.0 Å². The number of halogens is 2. The average Bonchev–Trinajstić information content (AvgIpc) is 3.38. The van der Waals surface area contributed by atoms with Crippen molar-refractivity contribution in [3.8, 4) is 5.75 Å². The number of anilines is 1. The molecule has 2 aliphatic rings. The van der Waals surface area contributed by atoms with E-state index in [1.807, 2.05) is 19.2 Å². The summed E-state index contributed by atoms with van der Waals surface area (Å²) >= 11 is 0. The zero-order valence-electron chi connectivity index (χ0n) is 17.4. The maximum atomic E-state index is 13.3. The zero-order chi connectivity index (χ0) is 21.5. The highest BCUT2D eigenvalue weighted by Gasteiger charge is 2.22. The Morgan fingerprint density at radius 3 is 3.00 bits per heavy atom. The molecular weight excluding hydrogens is 400 g/mol. The number of benzene rings is 1. The lowest BCUT2D eigenvalue weighted by molar-refractivity contribution is 0.150. The van der Waals surface area contributed by atoms with Gasteiger partial charge in [-0.1, -0.05) is 6.08 Å². The second kappa shape index (κ2) is 7.92. The third kappa shape index (κ3) is 3.76. The summed E-state index contributed by atoms with van der Waals surface area (Å²) in [6.45, 7) is 3.67. The van der Waals surface area contributed by atoms with E-state index >= 15 is 0 Å². The Morgan fingerprint density at radius 1 is 1.29 bits per heavy atom. The van der Waals surface area contributed by atoms with Gasteiger partial charge in [0.25, 0.3) is 6.43 Å². The molecule has 6 nitrogen and oxygen atoms in total. The minimum atomic E-state index is -2.50. The van der Waals surface area contributed by atoms with Gasteiger partial charge in [0.2, 0.25) is 0 Å². The molecule has 0 amide bonds. The van der Waals surface area contributed by atoms with Crippen LogP contribution in [-0.2, 0) is 13.0 Å². The topological polar surface area (TPSA) is 78.0 Å². The number of rotatable bonds is 5. The number of alkyl halides is 2. The minimum Gasteiger partial charge on any atom is -0.489 e. The molecule has 8 heteroatoms.